The molecule has 0 aliphatic rings. The van der Waals surface area contributed by atoms with Gasteiger partial charge >= 0.3 is 0 Å². The minimum Gasteiger partial charge on any atom is -0.494 e. The number of allylic oxidation sites excluding steroid dienone is 2. The minimum atomic E-state index is 0.596. The molecule has 0 unspecified atom stereocenters. The standard InChI is InChI=1S/C25H22ClN3OS2/c1-3-6-21(31-2)23-24(22-7-4-14-32-22)28-20-15-18(16-27-25(20)29-23)17-8-10-19(11-9-17)30-13-5-12-26/h3-4,6-11,14-16H,1,5,12-13H2,2H3/b21-6-. The molecule has 32 heavy (non-hydrogen) atoms. The highest BCUT2D eigenvalue weighted by Crippen LogP contribution is 2.35. The van der Waals surface area contributed by atoms with Crippen LogP contribution in [0.3, 0.4) is 0 Å². The van der Waals surface area contributed by atoms with Crippen LogP contribution < -0.4 is 4.74 Å². The van der Waals surface area contributed by atoms with E-state index in [9.17, 15) is 0 Å². The van der Waals surface area contributed by atoms with Gasteiger partial charge in [-0.2, -0.15) is 0 Å². The Morgan fingerprint density at radius 3 is 2.72 bits per heavy atom. The molecule has 4 aromatic rings. The highest BCUT2D eigenvalue weighted by atomic mass is 35.5. The van der Waals surface area contributed by atoms with E-state index in [1.165, 1.54) is 0 Å². The molecular formula is C25H22ClN3OS2. The predicted molar refractivity (Wildman–Crippen MR) is 139 cm³/mol. The Morgan fingerprint density at radius 2 is 2.03 bits per heavy atom. The largest absolute Gasteiger partial charge is 0.494 e. The number of nitrogens with zero attached hydrogens (tertiary/aromatic N) is 3. The first-order valence-electron chi connectivity index (χ1n) is 10.1. The number of thioether (sulfide) groups is 1. The number of hydrogen-bond donors (Lipinski definition) is 0. The van der Waals surface area contributed by atoms with Crippen LogP contribution in [0, 0.1) is 0 Å². The van der Waals surface area contributed by atoms with Crippen molar-refractivity contribution in [3.05, 3.63) is 78.5 Å². The molecule has 0 fully saturated rings. The van der Waals surface area contributed by atoms with Gasteiger partial charge in [0.25, 0.3) is 0 Å². The number of halogens is 1. The third-order valence-corrected chi connectivity index (χ3v) is 6.65. The van der Waals surface area contributed by atoms with Gasteiger partial charge in [-0.05, 0) is 54.0 Å². The van der Waals surface area contributed by atoms with Gasteiger partial charge in [-0.15, -0.1) is 34.7 Å². The topological polar surface area (TPSA) is 47.9 Å². The number of alkyl halides is 1. The fourth-order valence-corrected chi connectivity index (χ4v) is 4.59. The molecule has 0 amide bonds. The Labute approximate surface area is 201 Å². The van der Waals surface area contributed by atoms with Gasteiger partial charge in [-0.3, -0.25) is 0 Å². The van der Waals surface area contributed by atoms with Crippen LogP contribution in [0.4, 0.5) is 0 Å². The van der Waals surface area contributed by atoms with E-state index in [1.807, 2.05) is 60.3 Å². The molecule has 7 heteroatoms. The van der Waals surface area contributed by atoms with E-state index < -0.39 is 0 Å². The summed E-state index contributed by atoms with van der Waals surface area (Å²) < 4.78 is 5.70. The quantitative estimate of drug-likeness (QED) is 0.143. The van der Waals surface area contributed by atoms with Crippen molar-refractivity contribution < 1.29 is 4.74 Å². The highest BCUT2D eigenvalue weighted by Gasteiger charge is 2.16. The summed E-state index contributed by atoms with van der Waals surface area (Å²) in [5.74, 6) is 1.43. The number of benzene rings is 1. The van der Waals surface area contributed by atoms with Gasteiger partial charge in [-0.25, -0.2) is 15.0 Å². The summed E-state index contributed by atoms with van der Waals surface area (Å²) in [4.78, 5) is 16.6. The number of thiophene rings is 1. The fraction of sp³-hybridized carbons (Fsp3) is 0.160. The number of fused-ring (bicyclic) bond motifs is 1. The Morgan fingerprint density at radius 1 is 1.19 bits per heavy atom. The second-order valence-electron chi connectivity index (χ2n) is 6.85. The normalized spacial score (nSPS) is 11.6. The first kappa shape index (κ1) is 22.5. The molecule has 0 saturated carbocycles. The Balaban J connectivity index is 1.74. The maximum absolute atomic E-state index is 5.71. The lowest BCUT2D eigenvalue weighted by atomic mass is 10.1. The molecule has 0 bridgehead atoms. The predicted octanol–water partition coefficient (Wildman–Crippen LogP) is 7.32. The van der Waals surface area contributed by atoms with Gasteiger partial charge in [-0.1, -0.05) is 30.9 Å². The average molecular weight is 480 g/mol. The van der Waals surface area contributed by atoms with Crippen LogP contribution in [0.1, 0.15) is 12.1 Å². The zero-order valence-electron chi connectivity index (χ0n) is 17.6. The van der Waals surface area contributed by atoms with E-state index in [0.29, 0.717) is 18.1 Å². The third kappa shape index (κ3) is 5.04. The Kier molecular flexibility index (Phi) is 7.58. The van der Waals surface area contributed by atoms with Crippen molar-refractivity contribution >= 4 is 50.8 Å². The zero-order chi connectivity index (χ0) is 22.3. The van der Waals surface area contributed by atoms with E-state index in [2.05, 4.69) is 17.6 Å². The van der Waals surface area contributed by atoms with Crippen molar-refractivity contribution in [1.29, 1.82) is 0 Å². The van der Waals surface area contributed by atoms with Crippen LogP contribution in [-0.2, 0) is 0 Å². The van der Waals surface area contributed by atoms with Crippen molar-refractivity contribution in [3.63, 3.8) is 0 Å². The summed E-state index contributed by atoms with van der Waals surface area (Å²) in [5, 5.41) is 2.05. The van der Waals surface area contributed by atoms with E-state index >= 15 is 0 Å². The smallest absolute Gasteiger partial charge is 0.178 e. The fourth-order valence-electron chi connectivity index (χ4n) is 3.20. The van der Waals surface area contributed by atoms with Gasteiger partial charge in [0.1, 0.15) is 22.7 Å². The second kappa shape index (κ2) is 10.8. The van der Waals surface area contributed by atoms with Crippen LogP contribution in [0.15, 0.2) is 72.8 Å². The molecule has 4 rings (SSSR count). The van der Waals surface area contributed by atoms with Gasteiger partial charge in [0.05, 0.1) is 11.5 Å². The van der Waals surface area contributed by atoms with Crippen LogP contribution in [-0.4, -0.2) is 33.7 Å². The highest BCUT2D eigenvalue weighted by molar-refractivity contribution is 8.07. The van der Waals surface area contributed by atoms with Crippen molar-refractivity contribution in [2.24, 2.45) is 0 Å². The number of hydrogen-bond acceptors (Lipinski definition) is 6. The summed E-state index contributed by atoms with van der Waals surface area (Å²) in [6.45, 7) is 4.45. The molecule has 0 aliphatic heterocycles. The minimum absolute atomic E-state index is 0.596. The number of ether oxygens (including phenoxy) is 1. The molecule has 0 N–H and O–H groups in total. The summed E-state index contributed by atoms with van der Waals surface area (Å²) in [5.41, 5.74) is 5.09. The lowest BCUT2D eigenvalue weighted by molar-refractivity contribution is 0.318. The Bertz CT molecular complexity index is 1240. The first-order valence-corrected chi connectivity index (χ1v) is 12.8. The maximum Gasteiger partial charge on any atom is 0.178 e. The molecule has 162 valence electrons. The molecule has 0 spiro atoms. The molecule has 1 aromatic carbocycles. The summed E-state index contributed by atoms with van der Waals surface area (Å²) in [6, 6.07) is 14.1. The van der Waals surface area contributed by atoms with Gasteiger partial charge in [0.2, 0.25) is 0 Å². The second-order valence-corrected chi connectivity index (χ2v) is 9.02. The molecule has 3 aromatic heterocycles. The van der Waals surface area contributed by atoms with Crippen molar-refractivity contribution in [2.75, 3.05) is 18.7 Å². The molecule has 3 heterocycles. The number of pyridine rings is 1. The zero-order valence-corrected chi connectivity index (χ0v) is 20.0. The van der Waals surface area contributed by atoms with Crippen molar-refractivity contribution in [3.8, 4) is 27.4 Å². The van der Waals surface area contributed by atoms with Crippen LogP contribution in [0.2, 0.25) is 0 Å². The Hall–Kier alpha value is -2.67. The van der Waals surface area contributed by atoms with E-state index in [-0.39, 0.29) is 0 Å². The first-order chi connectivity index (χ1) is 15.7. The third-order valence-electron chi connectivity index (χ3n) is 4.73. The molecule has 0 saturated heterocycles. The van der Waals surface area contributed by atoms with Gasteiger partial charge in [0.15, 0.2) is 5.65 Å². The monoisotopic (exact) mass is 479 g/mol. The lowest BCUT2D eigenvalue weighted by Gasteiger charge is -2.11. The van der Waals surface area contributed by atoms with Gasteiger partial charge < -0.3 is 4.74 Å². The number of aromatic nitrogens is 3. The van der Waals surface area contributed by atoms with E-state index in [4.69, 9.17) is 26.3 Å². The van der Waals surface area contributed by atoms with Crippen LogP contribution >= 0.6 is 34.7 Å². The van der Waals surface area contributed by atoms with Crippen molar-refractivity contribution in [2.45, 2.75) is 6.42 Å². The number of rotatable bonds is 9. The summed E-state index contributed by atoms with van der Waals surface area (Å²) in [7, 11) is 0. The van der Waals surface area contributed by atoms with E-state index in [0.717, 1.165) is 50.0 Å². The SMILES string of the molecule is C=C/C=C(\SC)c1nc2ncc(-c3ccc(OCCCCl)cc3)cc2nc1-c1cccs1. The lowest BCUT2D eigenvalue weighted by Crippen LogP contribution is -1.99. The molecule has 0 radical (unpaired) electrons. The maximum atomic E-state index is 5.71. The summed E-state index contributed by atoms with van der Waals surface area (Å²) in [6.07, 6.45) is 8.42. The molecule has 4 nitrogen and oxygen atoms in total. The molecule has 0 aliphatic carbocycles. The van der Waals surface area contributed by atoms with E-state index in [1.54, 1.807) is 29.2 Å². The molecule has 0 atom stereocenters. The average Bonchev–Trinajstić information content (AvgIpc) is 3.37. The summed E-state index contributed by atoms with van der Waals surface area (Å²) >= 11 is 8.98. The van der Waals surface area contributed by atoms with Gasteiger partial charge in [0, 0.05) is 22.5 Å². The molecular weight excluding hydrogens is 458 g/mol. The van der Waals surface area contributed by atoms with Crippen molar-refractivity contribution in [1.82, 2.24) is 15.0 Å². The van der Waals surface area contributed by atoms with Crippen LogP contribution in [0.25, 0.3) is 37.8 Å². The van der Waals surface area contributed by atoms with Crippen LogP contribution in [0.5, 0.6) is 5.75 Å².